The van der Waals surface area contributed by atoms with Gasteiger partial charge in [0.1, 0.15) is 0 Å². The van der Waals surface area contributed by atoms with Crippen LogP contribution in [0.3, 0.4) is 0 Å². The van der Waals surface area contributed by atoms with Gasteiger partial charge < -0.3 is 0 Å². The van der Waals surface area contributed by atoms with Gasteiger partial charge in [0, 0.05) is 16.1 Å². The van der Waals surface area contributed by atoms with Crippen molar-refractivity contribution in [1.82, 2.24) is 4.90 Å². The van der Waals surface area contributed by atoms with Gasteiger partial charge in [0.25, 0.3) is 5.91 Å². The number of carbonyl (C=O) groups excluding carboxylic acids is 1. The highest BCUT2D eigenvalue weighted by atomic mass is 35.5. The highest BCUT2D eigenvalue weighted by molar-refractivity contribution is 8.18. The fraction of sp³-hybridized carbons (Fsp3) is 0.273. The Morgan fingerprint density at radius 2 is 1.75 bits per heavy atom. The molecule has 0 bridgehead atoms. The number of nitrogens with two attached hydrogens (primary N) is 1. The van der Waals surface area contributed by atoms with E-state index in [1.165, 1.54) is 23.9 Å². The van der Waals surface area contributed by atoms with Gasteiger partial charge in [0.05, 0.1) is 15.5 Å². The molecule has 4 rings (SSSR count). The second-order valence-electron chi connectivity index (χ2n) is 7.68. The molecule has 1 saturated carbocycles. The highest BCUT2D eigenvalue weighted by Gasteiger charge is 2.38. The monoisotopic (exact) mass is 509 g/mol. The molecule has 0 unspecified atom stereocenters. The van der Waals surface area contributed by atoms with Crippen LogP contribution < -0.4 is 5.14 Å². The molecule has 1 heterocycles. The molecular formula is C22H21Cl2N3O3S2. The van der Waals surface area contributed by atoms with Crippen LogP contribution in [0.5, 0.6) is 0 Å². The second-order valence-corrected chi connectivity index (χ2v) is 11.1. The summed E-state index contributed by atoms with van der Waals surface area (Å²) in [6, 6.07) is 11.2. The molecular weight excluding hydrogens is 489 g/mol. The number of primary sulfonamides is 1. The van der Waals surface area contributed by atoms with Crippen LogP contribution in [0.2, 0.25) is 10.0 Å². The van der Waals surface area contributed by atoms with Crippen LogP contribution in [0.1, 0.15) is 37.7 Å². The number of amides is 1. The first kappa shape index (κ1) is 23.3. The van der Waals surface area contributed by atoms with E-state index in [4.69, 9.17) is 28.3 Å². The van der Waals surface area contributed by atoms with E-state index in [1.54, 1.807) is 41.3 Å². The minimum Gasteiger partial charge on any atom is -0.283 e. The van der Waals surface area contributed by atoms with E-state index in [1.807, 2.05) is 0 Å². The lowest BCUT2D eigenvalue weighted by molar-refractivity contribution is -0.124. The van der Waals surface area contributed by atoms with Crippen LogP contribution in [0.15, 0.2) is 57.3 Å². The van der Waals surface area contributed by atoms with Crippen molar-refractivity contribution in [2.24, 2.45) is 10.1 Å². The summed E-state index contributed by atoms with van der Waals surface area (Å²) in [5.74, 6) is -0.104. The van der Waals surface area contributed by atoms with Gasteiger partial charge in [0.15, 0.2) is 5.17 Å². The minimum atomic E-state index is -3.78. The third-order valence-corrected chi connectivity index (χ3v) is 7.89. The number of hydrogen-bond donors (Lipinski definition) is 1. The summed E-state index contributed by atoms with van der Waals surface area (Å²) in [6.07, 6.45) is 6.90. The largest absolute Gasteiger partial charge is 0.283 e. The first-order valence-electron chi connectivity index (χ1n) is 10.1. The van der Waals surface area contributed by atoms with Crippen molar-refractivity contribution in [3.8, 4) is 0 Å². The predicted octanol–water partition coefficient (Wildman–Crippen LogP) is 5.58. The van der Waals surface area contributed by atoms with Crippen LogP contribution in [0, 0.1) is 0 Å². The number of benzene rings is 2. The van der Waals surface area contributed by atoms with Crippen LogP contribution in [-0.4, -0.2) is 30.4 Å². The van der Waals surface area contributed by atoms with E-state index in [0.717, 1.165) is 32.1 Å². The molecule has 1 aliphatic heterocycles. The normalized spacial score (nSPS) is 20.5. The van der Waals surface area contributed by atoms with Gasteiger partial charge in [-0.15, -0.1) is 0 Å². The van der Waals surface area contributed by atoms with Crippen molar-refractivity contribution in [3.05, 3.63) is 63.0 Å². The van der Waals surface area contributed by atoms with Crippen LogP contribution in [0.4, 0.5) is 5.69 Å². The molecule has 2 aromatic rings. The average Bonchev–Trinajstić information content (AvgIpc) is 3.05. The Morgan fingerprint density at radius 1 is 1.06 bits per heavy atom. The fourth-order valence-corrected chi connectivity index (χ4v) is 5.83. The van der Waals surface area contributed by atoms with E-state index < -0.39 is 10.0 Å². The number of thioether (sulfide) groups is 1. The quantitative estimate of drug-likeness (QED) is 0.544. The molecule has 168 valence electrons. The van der Waals surface area contributed by atoms with E-state index >= 15 is 0 Å². The molecule has 32 heavy (non-hydrogen) atoms. The number of halogens is 2. The lowest BCUT2D eigenvalue weighted by atomic mass is 9.94. The van der Waals surface area contributed by atoms with Gasteiger partial charge in [-0.05, 0) is 72.6 Å². The molecule has 0 spiro atoms. The lowest BCUT2D eigenvalue weighted by Crippen LogP contribution is -2.40. The first-order chi connectivity index (χ1) is 15.2. The Hall–Kier alpha value is -1.84. The third kappa shape index (κ3) is 5.21. The number of sulfonamides is 1. The van der Waals surface area contributed by atoms with E-state index in [2.05, 4.69) is 4.99 Å². The maximum atomic E-state index is 13.4. The Balaban J connectivity index is 1.70. The molecule has 1 saturated heterocycles. The first-order valence-corrected chi connectivity index (χ1v) is 13.2. The summed E-state index contributed by atoms with van der Waals surface area (Å²) >= 11 is 13.6. The zero-order chi connectivity index (χ0) is 22.9. The van der Waals surface area contributed by atoms with Gasteiger partial charge in [-0.1, -0.05) is 48.5 Å². The molecule has 2 N–H and O–H groups in total. The Labute approximate surface area is 201 Å². The Kier molecular flexibility index (Phi) is 6.97. The van der Waals surface area contributed by atoms with Crippen molar-refractivity contribution in [1.29, 1.82) is 0 Å². The Bertz CT molecular complexity index is 1210. The van der Waals surface area contributed by atoms with E-state index in [0.29, 0.717) is 31.4 Å². The van der Waals surface area contributed by atoms with Gasteiger partial charge in [-0.25, -0.2) is 18.5 Å². The topological polar surface area (TPSA) is 92.8 Å². The lowest BCUT2D eigenvalue weighted by Gasteiger charge is -2.30. The number of rotatable bonds is 4. The van der Waals surface area contributed by atoms with Crippen LogP contribution in [0.25, 0.3) is 6.08 Å². The predicted molar refractivity (Wildman–Crippen MR) is 131 cm³/mol. The zero-order valence-electron chi connectivity index (χ0n) is 17.0. The van der Waals surface area contributed by atoms with Crippen molar-refractivity contribution in [3.63, 3.8) is 0 Å². The minimum absolute atomic E-state index is 0.0127. The molecule has 0 radical (unpaired) electrons. The fourth-order valence-electron chi connectivity index (χ4n) is 3.81. The number of nitrogens with zero attached hydrogens (tertiary/aromatic N) is 2. The van der Waals surface area contributed by atoms with Gasteiger partial charge in [0.2, 0.25) is 10.0 Å². The molecule has 0 atom stereocenters. The summed E-state index contributed by atoms with van der Waals surface area (Å²) in [4.78, 5) is 20.3. The summed E-state index contributed by atoms with van der Waals surface area (Å²) < 4.78 is 23.0. The van der Waals surface area contributed by atoms with Crippen molar-refractivity contribution in [2.75, 3.05) is 0 Å². The van der Waals surface area contributed by atoms with Crippen LogP contribution in [-0.2, 0) is 14.8 Å². The van der Waals surface area contributed by atoms with E-state index in [-0.39, 0.29) is 16.8 Å². The highest BCUT2D eigenvalue weighted by Crippen LogP contribution is 2.39. The van der Waals surface area contributed by atoms with E-state index in [9.17, 15) is 13.2 Å². The molecule has 2 aliphatic rings. The maximum absolute atomic E-state index is 13.4. The SMILES string of the molecule is NS(=O)(=O)c1ccc(N=C2S/C(=C\c3ccc(Cl)cc3Cl)C(=O)N2C2CCCCC2)cc1. The number of carbonyl (C=O) groups is 1. The number of amidine groups is 1. The molecule has 1 aliphatic carbocycles. The molecule has 6 nitrogen and oxygen atoms in total. The van der Waals surface area contributed by atoms with Crippen molar-refractivity contribution >= 4 is 67.8 Å². The second kappa shape index (κ2) is 9.57. The molecule has 0 aromatic heterocycles. The maximum Gasteiger partial charge on any atom is 0.267 e. The molecule has 2 fully saturated rings. The van der Waals surface area contributed by atoms with Crippen molar-refractivity contribution < 1.29 is 13.2 Å². The summed E-state index contributed by atoms with van der Waals surface area (Å²) in [5, 5.41) is 6.73. The number of aliphatic imine (C=N–C) groups is 1. The number of hydrogen-bond acceptors (Lipinski definition) is 5. The Morgan fingerprint density at radius 3 is 2.38 bits per heavy atom. The summed E-state index contributed by atoms with van der Waals surface area (Å²) in [5.41, 5.74) is 1.24. The van der Waals surface area contributed by atoms with Crippen molar-refractivity contribution in [2.45, 2.75) is 43.0 Å². The molecule has 1 amide bonds. The molecule has 10 heteroatoms. The van der Waals surface area contributed by atoms with Gasteiger partial charge in [-0.2, -0.15) is 0 Å². The zero-order valence-corrected chi connectivity index (χ0v) is 20.1. The van der Waals surface area contributed by atoms with Gasteiger partial charge >= 0.3 is 0 Å². The molecule has 2 aromatic carbocycles. The standard InChI is InChI=1S/C22H21Cl2N3O3S2/c23-15-7-6-14(19(24)13-15)12-20-21(28)27(17-4-2-1-3-5-17)22(31-20)26-16-8-10-18(11-9-16)32(25,29)30/h6-13,17H,1-5H2,(H2,25,29,30)/b20-12-,26-22?. The average molecular weight is 510 g/mol. The van der Waals surface area contributed by atoms with Gasteiger partial charge in [-0.3, -0.25) is 9.69 Å². The van der Waals surface area contributed by atoms with Crippen LogP contribution >= 0.6 is 35.0 Å². The summed E-state index contributed by atoms with van der Waals surface area (Å²) in [7, 11) is -3.78. The third-order valence-electron chi connectivity index (χ3n) is 5.42. The summed E-state index contributed by atoms with van der Waals surface area (Å²) in [6.45, 7) is 0. The smallest absolute Gasteiger partial charge is 0.267 e.